The lowest BCUT2D eigenvalue weighted by Gasteiger charge is -2.30. The first kappa shape index (κ1) is 13.1. The zero-order valence-corrected chi connectivity index (χ0v) is 12.1. The largest absolute Gasteiger partial charge is 0.371 e. The van der Waals surface area contributed by atoms with Crippen LogP contribution in [0.3, 0.4) is 0 Å². The number of hydrogen-bond donors (Lipinski definition) is 1. The first-order valence-electron chi connectivity index (χ1n) is 6.37. The zero-order chi connectivity index (χ0) is 12.5. The maximum absolute atomic E-state index is 6.00. The molecule has 0 saturated carbocycles. The number of aryl methyl sites for hydroxylation is 1. The van der Waals surface area contributed by atoms with Gasteiger partial charge in [-0.2, -0.15) is 0 Å². The topological polar surface area (TPSA) is 21.3 Å². The fourth-order valence-corrected chi connectivity index (χ4v) is 3.34. The maximum atomic E-state index is 6.00. The van der Waals surface area contributed by atoms with E-state index in [1.807, 2.05) is 11.3 Å². The van der Waals surface area contributed by atoms with Crippen LogP contribution in [0, 0.1) is 12.3 Å². The van der Waals surface area contributed by atoms with E-state index in [-0.39, 0.29) is 6.10 Å². The van der Waals surface area contributed by atoms with Crippen LogP contribution in [0.5, 0.6) is 0 Å². The second kappa shape index (κ2) is 5.09. The molecule has 2 rings (SSSR count). The van der Waals surface area contributed by atoms with Crippen LogP contribution in [0.15, 0.2) is 11.4 Å². The van der Waals surface area contributed by atoms with Gasteiger partial charge in [0.05, 0.1) is 0 Å². The van der Waals surface area contributed by atoms with Crippen LogP contribution < -0.4 is 5.32 Å². The van der Waals surface area contributed by atoms with Crippen molar-refractivity contribution in [1.29, 1.82) is 0 Å². The van der Waals surface area contributed by atoms with Crippen molar-refractivity contribution in [3.63, 3.8) is 0 Å². The lowest BCUT2D eigenvalue weighted by atomic mass is 9.85. The second-order valence-electron chi connectivity index (χ2n) is 5.94. The fourth-order valence-electron chi connectivity index (χ4n) is 2.36. The number of rotatable bonds is 1. The molecule has 1 aliphatic rings. The molecule has 0 aliphatic carbocycles. The van der Waals surface area contributed by atoms with Crippen molar-refractivity contribution in [2.24, 2.45) is 5.41 Å². The van der Waals surface area contributed by atoms with Crippen molar-refractivity contribution in [2.75, 3.05) is 13.2 Å². The van der Waals surface area contributed by atoms with Crippen LogP contribution >= 0.6 is 11.3 Å². The van der Waals surface area contributed by atoms with Crippen LogP contribution in [0.4, 0.5) is 0 Å². The summed E-state index contributed by atoms with van der Waals surface area (Å²) in [6.07, 6.45) is 1.34. The Morgan fingerprint density at radius 2 is 2.18 bits per heavy atom. The van der Waals surface area contributed by atoms with Crippen LogP contribution in [-0.2, 0) is 4.74 Å². The van der Waals surface area contributed by atoms with Crippen molar-refractivity contribution >= 4 is 11.3 Å². The molecule has 1 aromatic heterocycles. The van der Waals surface area contributed by atoms with Gasteiger partial charge in [0, 0.05) is 24.1 Å². The molecular weight excluding hydrogens is 230 g/mol. The van der Waals surface area contributed by atoms with Gasteiger partial charge < -0.3 is 10.1 Å². The minimum atomic E-state index is 0.238. The van der Waals surface area contributed by atoms with Gasteiger partial charge in [-0.15, -0.1) is 11.3 Å². The highest BCUT2D eigenvalue weighted by atomic mass is 32.1. The van der Waals surface area contributed by atoms with Crippen LogP contribution in [0.2, 0.25) is 0 Å². The Hall–Kier alpha value is -0.380. The lowest BCUT2D eigenvalue weighted by Crippen LogP contribution is -2.40. The van der Waals surface area contributed by atoms with E-state index in [9.17, 15) is 0 Å². The third kappa shape index (κ3) is 3.09. The van der Waals surface area contributed by atoms with Gasteiger partial charge in [0.15, 0.2) is 0 Å². The summed E-state index contributed by atoms with van der Waals surface area (Å²) < 4.78 is 6.00. The highest BCUT2D eigenvalue weighted by Crippen LogP contribution is 2.30. The van der Waals surface area contributed by atoms with Gasteiger partial charge in [0.2, 0.25) is 0 Å². The molecule has 0 aromatic carbocycles. The molecule has 2 atom stereocenters. The molecule has 2 heterocycles. The van der Waals surface area contributed by atoms with Gasteiger partial charge in [-0.25, -0.2) is 0 Å². The highest BCUT2D eigenvalue weighted by molar-refractivity contribution is 7.10. The standard InChI is InChI=1S/C14H23NOS/c1-10-6-8-17-13(10)11-9-15-12(5-7-16-11)14(2,3)4/h6,8,11-12,15H,5,7,9H2,1-4H3. The fraction of sp³-hybridized carbons (Fsp3) is 0.714. The molecule has 0 bridgehead atoms. The van der Waals surface area contributed by atoms with E-state index in [1.165, 1.54) is 10.4 Å². The van der Waals surface area contributed by atoms with Gasteiger partial charge >= 0.3 is 0 Å². The Bertz CT molecular complexity index is 367. The van der Waals surface area contributed by atoms with E-state index in [2.05, 4.69) is 44.5 Å². The second-order valence-corrected chi connectivity index (χ2v) is 6.89. The molecule has 2 unspecified atom stereocenters. The number of hydrogen-bond acceptors (Lipinski definition) is 3. The molecule has 1 aliphatic heterocycles. The lowest BCUT2D eigenvalue weighted by molar-refractivity contribution is 0.0674. The Kier molecular flexibility index (Phi) is 3.91. The maximum Gasteiger partial charge on any atom is 0.104 e. The van der Waals surface area contributed by atoms with Gasteiger partial charge in [0.1, 0.15) is 6.10 Å². The Labute approximate surface area is 108 Å². The van der Waals surface area contributed by atoms with Gasteiger partial charge in [-0.05, 0) is 35.8 Å². The third-order valence-corrected chi connectivity index (χ3v) is 4.63. The van der Waals surface area contributed by atoms with Crippen molar-refractivity contribution in [3.05, 3.63) is 21.9 Å². The number of ether oxygens (including phenoxy) is 1. The van der Waals surface area contributed by atoms with E-state index < -0.39 is 0 Å². The molecule has 1 aromatic rings. The monoisotopic (exact) mass is 253 g/mol. The first-order valence-corrected chi connectivity index (χ1v) is 7.25. The molecule has 0 spiro atoms. The van der Waals surface area contributed by atoms with Crippen molar-refractivity contribution in [3.8, 4) is 0 Å². The normalized spacial score (nSPS) is 26.8. The van der Waals surface area contributed by atoms with E-state index in [4.69, 9.17) is 4.74 Å². The zero-order valence-electron chi connectivity index (χ0n) is 11.2. The average molecular weight is 253 g/mol. The van der Waals surface area contributed by atoms with Gasteiger partial charge in [-0.3, -0.25) is 0 Å². The average Bonchev–Trinajstić information content (AvgIpc) is 2.53. The smallest absolute Gasteiger partial charge is 0.104 e. The Morgan fingerprint density at radius 3 is 2.76 bits per heavy atom. The summed E-state index contributed by atoms with van der Waals surface area (Å²) in [7, 11) is 0. The van der Waals surface area contributed by atoms with E-state index in [1.54, 1.807) is 0 Å². The minimum absolute atomic E-state index is 0.238. The molecular formula is C14H23NOS. The molecule has 17 heavy (non-hydrogen) atoms. The summed E-state index contributed by atoms with van der Waals surface area (Å²) >= 11 is 1.81. The number of nitrogens with one attached hydrogen (secondary N) is 1. The summed E-state index contributed by atoms with van der Waals surface area (Å²) in [6.45, 7) is 10.8. The molecule has 0 radical (unpaired) electrons. The van der Waals surface area contributed by atoms with Crippen LogP contribution in [0.1, 0.15) is 43.7 Å². The van der Waals surface area contributed by atoms with Crippen molar-refractivity contribution in [1.82, 2.24) is 5.32 Å². The van der Waals surface area contributed by atoms with E-state index in [0.717, 1.165) is 19.6 Å². The summed E-state index contributed by atoms with van der Waals surface area (Å²) in [5.74, 6) is 0. The summed E-state index contributed by atoms with van der Waals surface area (Å²) in [4.78, 5) is 1.38. The molecule has 3 heteroatoms. The minimum Gasteiger partial charge on any atom is -0.371 e. The van der Waals surface area contributed by atoms with Crippen LogP contribution in [-0.4, -0.2) is 19.2 Å². The molecule has 1 fully saturated rings. The van der Waals surface area contributed by atoms with E-state index in [0.29, 0.717) is 11.5 Å². The number of thiophene rings is 1. The quantitative estimate of drug-likeness (QED) is 0.827. The predicted octanol–water partition coefficient (Wildman–Crippen LogP) is 3.52. The summed E-state index contributed by atoms with van der Waals surface area (Å²) in [5, 5.41) is 5.82. The molecule has 1 N–H and O–H groups in total. The SMILES string of the molecule is Cc1ccsc1C1CNC(C(C)(C)C)CCO1. The Morgan fingerprint density at radius 1 is 1.41 bits per heavy atom. The third-order valence-electron chi connectivity index (χ3n) is 3.51. The van der Waals surface area contributed by atoms with E-state index >= 15 is 0 Å². The summed E-state index contributed by atoms with van der Waals surface area (Å²) in [5.41, 5.74) is 1.67. The molecule has 2 nitrogen and oxygen atoms in total. The van der Waals surface area contributed by atoms with Gasteiger partial charge in [0.25, 0.3) is 0 Å². The Balaban J connectivity index is 2.04. The molecule has 0 amide bonds. The molecule has 96 valence electrons. The van der Waals surface area contributed by atoms with Gasteiger partial charge in [-0.1, -0.05) is 20.8 Å². The summed E-state index contributed by atoms with van der Waals surface area (Å²) in [6, 6.07) is 2.72. The van der Waals surface area contributed by atoms with Crippen molar-refractivity contribution in [2.45, 2.75) is 46.3 Å². The highest BCUT2D eigenvalue weighted by Gasteiger charge is 2.28. The first-order chi connectivity index (χ1) is 7.98. The van der Waals surface area contributed by atoms with Crippen molar-refractivity contribution < 1.29 is 4.74 Å². The van der Waals surface area contributed by atoms with Crippen LogP contribution in [0.25, 0.3) is 0 Å². The predicted molar refractivity (Wildman–Crippen MR) is 73.6 cm³/mol. The molecule has 1 saturated heterocycles.